The van der Waals surface area contributed by atoms with Gasteiger partial charge in [0.05, 0.1) is 13.2 Å². The largest absolute Gasteiger partial charge is 0.472 e. The Kier molecular flexibility index (Phi) is 41.0. The minimum absolute atomic E-state index is 0.0344. The third-order valence-electron chi connectivity index (χ3n) is 9.69. The number of carbonyl (C=O) groups is 3. The van der Waals surface area contributed by atoms with Crippen molar-refractivity contribution in [3.63, 3.8) is 0 Å². The fourth-order valence-electron chi connectivity index (χ4n) is 6.23. The Labute approximate surface area is 353 Å². The first-order valence-corrected chi connectivity index (χ1v) is 24.6. The summed E-state index contributed by atoms with van der Waals surface area (Å²) in [5.74, 6) is -0.757. The van der Waals surface area contributed by atoms with Gasteiger partial charge in [0.2, 0.25) is 0 Å². The van der Waals surface area contributed by atoms with E-state index < -0.39 is 32.5 Å². The van der Waals surface area contributed by atoms with E-state index in [9.17, 15) is 23.8 Å². The van der Waals surface area contributed by atoms with E-state index in [-0.39, 0.29) is 38.4 Å². The average Bonchev–Trinajstić information content (AvgIpc) is 3.20. The highest BCUT2D eigenvalue weighted by Gasteiger charge is 2.26. The second-order valence-electron chi connectivity index (χ2n) is 15.3. The number of carbonyl (C=O) groups excluding carboxylic acids is 3. The van der Waals surface area contributed by atoms with E-state index in [4.69, 9.17) is 24.3 Å². The van der Waals surface area contributed by atoms with Gasteiger partial charge in [-0.1, -0.05) is 185 Å². The lowest BCUT2D eigenvalue weighted by molar-refractivity contribution is -0.161. The van der Waals surface area contributed by atoms with Gasteiger partial charge in [0.15, 0.2) is 11.9 Å². The van der Waals surface area contributed by atoms with Gasteiger partial charge in [-0.2, -0.15) is 0 Å². The molecule has 0 bridgehead atoms. The highest BCUT2D eigenvalue weighted by atomic mass is 31.2. The molecular weight excluding hydrogens is 753 g/mol. The second kappa shape index (κ2) is 42.8. The summed E-state index contributed by atoms with van der Waals surface area (Å²) in [5, 5.41) is 0. The number of rotatable bonds is 43. The van der Waals surface area contributed by atoms with Gasteiger partial charge < -0.3 is 20.1 Å². The SMILES string of the molecule is CCCCCCCCCCCCCCCCCCCCCC(=O)OC[C@H](COP(=O)(O)OCCN)OC(=O)CCC/C=C\C/C=C\C/C=C\C=C\C(=O)CCCCC. The number of hydrogen-bond acceptors (Lipinski definition) is 9. The first-order chi connectivity index (χ1) is 28.2. The highest BCUT2D eigenvalue weighted by Crippen LogP contribution is 2.43. The molecule has 3 N–H and O–H groups in total. The number of ether oxygens (including phenoxy) is 2. The van der Waals surface area contributed by atoms with Crippen LogP contribution in [0.25, 0.3) is 0 Å². The van der Waals surface area contributed by atoms with Gasteiger partial charge in [-0.15, -0.1) is 0 Å². The molecule has 0 fully saturated rings. The summed E-state index contributed by atoms with van der Waals surface area (Å²) >= 11 is 0. The van der Waals surface area contributed by atoms with Gasteiger partial charge in [0.25, 0.3) is 0 Å². The first kappa shape index (κ1) is 55.6. The topological polar surface area (TPSA) is 151 Å². The summed E-state index contributed by atoms with van der Waals surface area (Å²) in [6, 6.07) is 0. The third-order valence-corrected chi connectivity index (χ3v) is 10.7. The summed E-state index contributed by atoms with van der Waals surface area (Å²) < 4.78 is 32.7. The molecule has 0 amide bonds. The Hall–Kier alpha value is -2.36. The molecule has 0 aliphatic carbocycles. The molecule has 0 aromatic heterocycles. The maximum atomic E-state index is 12.6. The zero-order valence-corrected chi connectivity index (χ0v) is 37.7. The number of allylic oxidation sites excluding steroid dienone is 8. The highest BCUT2D eigenvalue weighted by molar-refractivity contribution is 7.47. The van der Waals surface area contributed by atoms with Gasteiger partial charge in [0, 0.05) is 25.8 Å². The molecule has 2 atom stereocenters. The van der Waals surface area contributed by atoms with Crippen molar-refractivity contribution in [3.8, 4) is 0 Å². The smallest absolute Gasteiger partial charge is 0.462 e. The van der Waals surface area contributed by atoms with Crippen LogP contribution in [0, 0.1) is 0 Å². The van der Waals surface area contributed by atoms with E-state index in [1.807, 2.05) is 24.3 Å². The molecule has 58 heavy (non-hydrogen) atoms. The van der Waals surface area contributed by atoms with Crippen molar-refractivity contribution in [1.82, 2.24) is 0 Å². The van der Waals surface area contributed by atoms with Crippen LogP contribution in [0.2, 0.25) is 0 Å². The van der Waals surface area contributed by atoms with Crippen molar-refractivity contribution < 1.29 is 42.4 Å². The number of unbranched alkanes of at least 4 members (excludes halogenated alkanes) is 21. The lowest BCUT2D eigenvalue weighted by atomic mass is 10.0. The minimum atomic E-state index is -4.41. The number of ketones is 1. The van der Waals surface area contributed by atoms with Crippen LogP contribution >= 0.6 is 7.82 Å². The number of phosphoric ester groups is 1. The van der Waals surface area contributed by atoms with Crippen LogP contribution in [-0.2, 0) is 37.5 Å². The van der Waals surface area contributed by atoms with Gasteiger partial charge >= 0.3 is 19.8 Å². The predicted molar refractivity (Wildman–Crippen MR) is 238 cm³/mol. The summed E-state index contributed by atoms with van der Waals surface area (Å²) in [5.41, 5.74) is 5.34. The van der Waals surface area contributed by atoms with Crippen LogP contribution in [0.15, 0.2) is 48.6 Å². The van der Waals surface area contributed by atoms with Crippen molar-refractivity contribution in [2.45, 2.75) is 206 Å². The van der Waals surface area contributed by atoms with Crippen LogP contribution in [0.1, 0.15) is 200 Å². The van der Waals surface area contributed by atoms with E-state index in [2.05, 4.69) is 26.0 Å². The number of esters is 2. The van der Waals surface area contributed by atoms with Gasteiger partial charge in [-0.05, 0) is 44.6 Å². The standard InChI is InChI=1S/C47H84NO9P/c1-3-5-7-8-9-10-11-12-13-14-15-16-17-18-21-24-27-30-34-38-46(50)54-42-45(43-56-58(52,53)55-41-40-48)57-47(51)39-35-31-28-25-22-19-20-23-26-29-33-37-44(49)36-32-6-4-2/h19-20,25-26,28-29,33,37,45H,3-18,21-24,27,30-32,34-36,38-43,48H2,1-2H3,(H,52,53)/b20-19-,28-25-,29-26-,37-33+/t45-/m1/s1. The van der Waals surface area contributed by atoms with Gasteiger partial charge in [-0.25, -0.2) is 4.57 Å². The normalized spacial score (nSPS) is 13.6. The fourth-order valence-corrected chi connectivity index (χ4v) is 7.00. The molecule has 336 valence electrons. The Morgan fingerprint density at radius 2 is 1.05 bits per heavy atom. The maximum absolute atomic E-state index is 12.6. The summed E-state index contributed by atoms with van der Waals surface area (Å²) in [6.45, 7) is 3.50. The first-order valence-electron chi connectivity index (χ1n) is 23.1. The lowest BCUT2D eigenvalue weighted by Crippen LogP contribution is -2.29. The zero-order valence-electron chi connectivity index (χ0n) is 36.8. The van der Waals surface area contributed by atoms with Gasteiger partial charge in [0.1, 0.15) is 6.61 Å². The molecule has 0 aliphatic heterocycles. The molecule has 0 radical (unpaired) electrons. The van der Waals surface area contributed by atoms with Crippen LogP contribution < -0.4 is 5.73 Å². The van der Waals surface area contributed by atoms with Crippen LogP contribution in [0.5, 0.6) is 0 Å². The molecule has 0 spiro atoms. The van der Waals surface area contributed by atoms with Crippen molar-refractivity contribution in [2.24, 2.45) is 5.73 Å². The van der Waals surface area contributed by atoms with Crippen LogP contribution in [-0.4, -0.2) is 55.1 Å². The second-order valence-corrected chi connectivity index (χ2v) is 16.8. The van der Waals surface area contributed by atoms with Crippen LogP contribution in [0.4, 0.5) is 0 Å². The Morgan fingerprint density at radius 3 is 1.62 bits per heavy atom. The summed E-state index contributed by atoms with van der Waals surface area (Å²) in [7, 11) is -4.41. The van der Waals surface area contributed by atoms with E-state index in [0.29, 0.717) is 19.3 Å². The molecule has 10 nitrogen and oxygen atoms in total. The van der Waals surface area contributed by atoms with Crippen molar-refractivity contribution in [3.05, 3.63) is 48.6 Å². The maximum Gasteiger partial charge on any atom is 0.472 e. The Morgan fingerprint density at radius 1 is 0.569 bits per heavy atom. The fraction of sp³-hybridized carbons (Fsp3) is 0.766. The van der Waals surface area contributed by atoms with Crippen molar-refractivity contribution in [1.29, 1.82) is 0 Å². The van der Waals surface area contributed by atoms with E-state index in [1.54, 1.807) is 12.2 Å². The molecule has 0 aromatic carbocycles. The summed E-state index contributed by atoms with van der Waals surface area (Å²) in [4.78, 5) is 46.6. The molecule has 0 heterocycles. The number of phosphoric acid groups is 1. The monoisotopic (exact) mass is 838 g/mol. The molecular formula is C47H84NO9P. The molecule has 0 saturated heterocycles. The zero-order chi connectivity index (χ0) is 42.6. The van der Waals surface area contributed by atoms with E-state index >= 15 is 0 Å². The minimum Gasteiger partial charge on any atom is -0.462 e. The van der Waals surface area contributed by atoms with E-state index in [0.717, 1.165) is 51.4 Å². The predicted octanol–water partition coefficient (Wildman–Crippen LogP) is 12.7. The number of nitrogens with two attached hydrogens (primary N) is 1. The number of hydrogen-bond donors (Lipinski definition) is 2. The van der Waals surface area contributed by atoms with Crippen LogP contribution in [0.3, 0.4) is 0 Å². The molecule has 11 heteroatoms. The lowest BCUT2D eigenvalue weighted by Gasteiger charge is -2.19. The Balaban J connectivity index is 4.22. The Bertz CT molecular complexity index is 1150. The van der Waals surface area contributed by atoms with Crippen molar-refractivity contribution >= 4 is 25.5 Å². The molecule has 0 saturated carbocycles. The molecule has 0 aliphatic rings. The van der Waals surface area contributed by atoms with Crippen molar-refractivity contribution in [2.75, 3.05) is 26.4 Å². The molecule has 0 aromatic rings. The summed E-state index contributed by atoms with van der Waals surface area (Å²) in [6.07, 6.45) is 45.6. The molecule has 1 unspecified atom stereocenters. The third kappa shape index (κ3) is 41.8. The van der Waals surface area contributed by atoms with Gasteiger partial charge in [-0.3, -0.25) is 23.4 Å². The average molecular weight is 838 g/mol. The molecule has 0 rings (SSSR count). The van der Waals surface area contributed by atoms with E-state index in [1.165, 1.54) is 103 Å². The quantitative estimate of drug-likeness (QED) is 0.0152.